The second-order valence-corrected chi connectivity index (χ2v) is 5.99. The summed E-state index contributed by atoms with van der Waals surface area (Å²) in [4.78, 5) is 1.34. The predicted octanol–water partition coefficient (Wildman–Crippen LogP) is 3.50. The van der Waals surface area contributed by atoms with E-state index in [1.165, 1.54) is 16.9 Å². The van der Waals surface area contributed by atoms with E-state index >= 15 is 0 Å². The van der Waals surface area contributed by atoms with E-state index in [-0.39, 0.29) is 12.6 Å². The van der Waals surface area contributed by atoms with Gasteiger partial charge in [0, 0.05) is 5.56 Å². The summed E-state index contributed by atoms with van der Waals surface area (Å²) in [6.07, 6.45) is -3.90. The van der Waals surface area contributed by atoms with E-state index in [9.17, 15) is 18.3 Å². The lowest BCUT2D eigenvalue weighted by Gasteiger charge is -2.09. The quantitative estimate of drug-likeness (QED) is 0.755. The van der Waals surface area contributed by atoms with Crippen molar-refractivity contribution in [3.05, 3.63) is 65.2 Å². The van der Waals surface area contributed by atoms with Crippen LogP contribution in [0.3, 0.4) is 0 Å². The summed E-state index contributed by atoms with van der Waals surface area (Å²) in [6, 6.07) is 12.2. The Kier molecular flexibility index (Phi) is 5.03. The average Bonchev–Trinajstić information content (AvgIpc) is 3.11. The highest BCUT2D eigenvalue weighted by Gasteiger charge is 2.29. The number of aliphatic hydroxyl groups is 1. The molecule has 1 unspecified atom stereocenters. The number of alkyl halides is 3. The molecule has 0 radical (unpaired) electrons. The minimum Gasteiger partial charge on any atom is -0.394 e. The Hall–Kier alpha value is -2.74. The standard InChI is InChI=1S/C18H17F3N4O/c1-12(11-26)25-23-17(22-24-25)16-5-3-2-4-14(16)10-13-6-8-15(9-7-13)18(19,20)21/h2-9,12,26H,10-11H2,1H3. The lowest BCUT2D eigenvalue weighted by molar-refractivity contribution is -0.137. The molecule has 1 N–H and O–H groups in total. The van der Waals surface area contributed by atoms with E-state index in [0.717, 1.165) is 28.8 Å². The van der Waals surface area contributed by atoms with Gasteiger partial charge < -0.3 is 5.11 Å². The summed E-state index contributed by atoms with van der Waals surface area (Å²) in [5.41, 5.74) is 1.71. The van der Waals surface area contributed by atoms with E-state index in [1.54, 1.807) is 6.92 Å². The summed E-state index contributed by atoms with van der Waals surface area (Å²) < 4.78 is 38.1. The smallest absolute Gasteiger partial charge is 0.394 e. The van der Waals surface area contributed by atoms with Crippen LogP contribution in [0.1, 0.15) is 29.7 Å². The SMILES string of the molecule is CC(CO)n1nnc(-c2ccccc2Cc2ccc(C(F)(F)F)cc2)n1. The first-order valence-corrected chi connectivity index (χ1v) is 8.03. The van der Waals surface area contributed by atoms with Gasteiger partial charge in [-0.05, 0) is 41.8 Å². The highest BCUT2D eigenvalue weighted by molar-refractivity contribution is 5.60. The van der Waals surface area contributed by atoms with Gasteiger partial charge in [-0.2, -0.15) is 18.0 Å². The summed E-state index contributed by atoms with van der Waals surface area (Å²) in [5.74, 6) is 0.410. The minimum atomic E-state index is -4.34. The first-order chi connectivity index (χ1) is 12.4. The van der Waals surface area contributed by atoms with E-state index in [0.29, 0.717) is 12.2 Å². The zero-order valence-electron chi connectivity index (χ0n) is 14.0. The van der Waals surface area contributed by atoms with Gasteiger partial charge in [0.25, 0.3) is 0 Å². The lowest BCUT2D eigenvalue weighted by atomic mass is 9.98. The van der Waals surface area contributed by atoms with Crippen molar-refractivity contribution in [3.8, 4) is 11.4 Å². The molecule has 1 aromatic heterocycles. The Morgan fingerprint density at radius 3 is 2.42 bits per heavy atom. The van der Waals surface area contributed by atoms with E-state index < -0.39 is 11.7 Å². The van der Waals surface area contributed by atoms with Gasteiger partial charge in [-0.1, -0.05) is 36.4 Å². The van der Waals surface area contributed by atoms with E-state index in [2.05, 4.69) is 15.4 Å². The molecular formula is C18H17F3N4O. The van der Waals surface area contributed by atoms with Gasteiger partial charge in [-0.3, -0.25) is 0 Å². The molecule has 5 nitrogen and oxygen atoms in total. The number of aromatic nitrogens is 4. The van der Waals surface area contributed by atoms with Crippen LogP contribution >= 0.6 is 0 Å². The molecule has 136 valence electrons. The van der Waals surface area contributed by atoms with Crippen LogP contribution < -0.4 is 0 Å². The van der Waals surface area contributed by atoms with Crippen LogP contribution in [-0.2, 0) is 12.6 Å². The van der Waals surface area contributed by atoms with E-state index in [4.69, 9.17) is 0 Å². The molecule has 0 amide bonds. The van der Waals surface area contributed by atoms with Crippen LogP contribution in [0.2, 0.25) is 0 Å². The molecule has 1 heterocycles. The maximum absolute atomic E-state index is 12.7. The zero-order valence-corrected chi connectivity index (χ0v) is 14.0. The van der Waals surface area contributed by atoms with Gasteiger partial charge in [-0.25, -0.2) is 0 Å². The van der Waals surface area contributed by atoms with Crippen molar-refractivity contribution in [2.45, 2.75) is 25.6 Å². The van der Waals surface area contributed by atoms with Crippen LogP contribution in [0.15, 0.2) is 48.5 Å². The second kappa shape index (κ2) is 7.25. The molecule has 0 saturated carbocycles. The topological polar surface area (TPSA) is 63.8 Å². The summed E-state index contributed by atoms with van der Waals surface area (Å²) in [6.45, 7) is 1.66. The van der Waals surface area contributed by atoms with Gasteiger partial charge >= 0.3 is 6.18 Å². The Balaban J connectivity index is 1.87. The van der Waals surface area contributed by atoms with Crippen LogP contribution in [0.25, 0.3) is 11.4 Å². The van der Waals surface area contributed by atoms with Crippen molar-refractivity contribution in [2.24, 2.45) is 0 Å². The number of hydrogen-bond donors (Lipinski definition) is 1. The molecule has 0 fully saturated rings. The third-order valence-electron chi connectivity index (χ3n) is 4.02. The molecule has 8 heteroatoms. The first kappa shape index (κ1) is 18.1. The molecule has 0 aliphatic rings. The van der Waals surface area contributed by atoms with Gasteiger partial charge in [0.05, 0.1) is 18.2 Å². The largest absolute Gasteiger partial charge is 0.416 e. The molecular weight excluding hydrogens is 345 g/mol. The lowest BCUT2D eigenvalue weighted by Crippen LogP contribution is -2.12. The van der Waals surface area contributed by atoms with Crippen molar-refractivity contribution < 1.29 is 18.3 Å². The van der Waals surface area contributed by atoms with Crippen LogP contribution in [0.4, 0.5) is 13.2 Å². The van der Waals surface area contributed by atoms with Crippen molar-refractivity contribution in [1.82, 2.24) is 20.2 Å². The minimum absolute atomic E-state index is 0.108. The molecule has 2 aromatic carbocycles. The van der Waals surface area contributed by atoms with Gasteiger partial charge in [0.1, 0.15) is 0 Å². The number of hydrogen-bond acceptors (Lipinski definition) is 4. The Morgan fingerprint density at radius 1 is 1.08 bits per heavy atom. The Morgan fingerprint density at radius 2 is 1.77 bits per heavy atom. The third kappa shape index (κ3) is 3.91. The molecule has 0 spiro atoms. The van der Waals surface area contributed by atoms with Crippen molar-refractivity contribution in [1.29, 1.82) is 0 Å². The maximum Gasteiger partial charge on any atom is 0.416 e. The molecule has 0 saturated heterocycles. The number of benzene rings is 2. The second-order valence-electron chi connectivity index (χ2n) is 5.99. The molecule has 0 bridgehead atoms. The van der Waals surface area contributed by atoms with Gasteiger partial charge in [-0.15, -0.1) is 10.2 Å². The monoisotopic (exact) mass is 362 g/mol. The molecule has 3 rings (SSSR count). The number of tetrazole rings is 1. The normalized spacial score (nSPS) is 13.0. The summed E-state index contributed by atoms with van der Waals surface area (Å²) in [5, 5.41) is 21.4. The number of aliphatic hydroxyl groups excluding tert-OH is 1. The zero-order chi connectivity index (χ0) is 18.7. The average molecular weight is 362 g/mol. The van der Waals surface area contributed by atoms with Crippen LogP contribution in [0.5, 0.6) is 0 Å². The van der Waals surface area contributed by atoms with Crippen LogP contribution in [-0.4, -0.2) is 31.9 Å². The van der Waals surface area contributed by atoms with Crippen molar-refractivity contribution >= 4 is 0 Å². The number of halogens is 3. The van der Waals surface area contributed by atoms with Gasteiger partial charge in [0.15, 0.2) is 0 Å². The Labute approximate surface area is 148 Å². The highest BCUT2D eigenvalue weighted by Crippen LogP contribution is 2.30. The Bertz CT molecular complexity index is 875. The fraction of sp³-hybridized carbons (Fsp3) is 0.278. The highest BCUT2D eigenvalue weighted by atomic mass is 19.4. The number of rotatable bonds is 5. The summed E-state index contributed by atoms with van der Waals surface area (Å²) in [7, 11) is 0. The summed E-state index contributed by atoms with van der Waals surface area (Å²) >= 11 is 0. The van der Waals surface area contributed by atoms with Crippen LogP contribution in [0, 0.1) is 0 Å². The number of nitrogens with zero attached hydrogens (tertiary/aromatic N) is 4. The molecule has 0 aliphatic carbocycles. The van der Waals surface area contributed by atoms with Crippen molar-refractivity contribution in [3.63, 3.8) is 0 Å². The third-order valence-corrected chi connectivity index (χ3v) is 4.02. The fourth-order valence-electron chi connectivity index (χ4n) is 2.52. The predicted molar refractivity (Wildman–Crippen MR) is 89.3 cm³/mol. The van der Waals surface area contributed by atoms with Gasteiger partial charge in [0.2, 0.25) is 5.82 Å². The molecule has 3 aromatic rings. The van der Waals surface area contributed by atoms with E-state index in [1.807, 2.05) is 24.3 Å². The van der Waals surface area contributed by atoms with Crippen molar-refractivity contribution in [2.75, 3.05) is 6.61 Å². The molecule has 1 atom stereocenters. The molecule has 0 aliphatic heterocycles. The fourth-order valence-corrected chi connectivity index (χ4v) is 2.52. The molecule has 26 heavy (non-hydrogen) atoms. The first-order valence-electron chi connectivity index (χ1n) is 8.03. The maximum atomic E-state index is 12.7.